The summed E-state index contributed by atoms with van der Waals surface area (Å²) in [5.41, 5.74) is 0.0256. The Morgan fingerprint density at radius 2 is 1.68 bits per heavy atom. The number of hydrogen-bond acceptors (Lipinski definition) is 9. The highest BCUT2D eigenvalue weighted by Crippen LogP contribution is 2.26. The van der Waals surface area contributed by atoms with Crippen molar-refractivity contribution in [2.75, 3.05) is 33.1 Å². The second-order valence-corrected chi connectivity index (χ2v) is 9.50. The highest BCUT2D eigenvalue weighted by atomic mass is 31.1. The first-order valence-electron chi connectivity index (χ1n) is 11.8. The first kappa shape index (κ1) is 31.1. The van der Waals surface area contributed by atoms with E-state index in [0.29, 0.717) is 12.8 Å². The fourth-order valence-corrected chi connectivity index (χ4v) is 3.38. The maximum atomic E-state index is 12.7. The number of rotatable bonds is 17. The summed E-state index contributed by atoms with van der Waals surface area (Å²) >= 11 is 0. The minimum absolute atomic E-state index is 0.243. The van der Waals surface area contributed by atoms with Crippen molar-refractivity contribution in [2.24, 2.45) is 0 Å². The van der Waals surface area contributed by atoms with Crippen molar-refractivity contribution >= 4 is 37.7 Å². The van der Waals surface area contributed by atoms with Gasteiger partial charge in [-0.3, -0.25) is 33.1 Å². The van der Waals surface area contributed by atoms with Crippen molar-refractivity contribution in [3.05, 3.63) is 35.9 Å². The molecule has 1 aliphatic heterocycles. The summed E-state index contributed by atoms with van der Waals surface area (Å²) in [5, 5.41) is 9.72. The van der Waals surface area contributed by atoms with Crippen molar-refractivity contribution in [3.63, 3.8) is 0 Å². The maximum Gasteiger partial charge on any atom is 0.318 e. The molecule has 38 heavy (non-hydrogen) atoms. The Hall–Kier alpha value is -3.16. The van der Waals surface area contributed by atoms with Crippen LogP contribution in [0.5, 0.6) is 0 Å². The number of nitrogens with one attached hydrogen (secondary N) is 4. The van der Waals surface area contributed by atoms with Gasteiger partial charge in [0.05, 0.1) is 26.3 Å². The zero-order chi connectivity index (χ0) is 28.1. The molecule has 1 aliphatic rings. The number of ketones is 1. The molecule has 4 amide bonds. The third-order valence-corrected chi connectivity index (χ3v) is 5.84. The number of hydrogen-bond donors (Lipinski definition) is 5. The van der Waals surface area contributed by atoms with Gasteiger partial charge in [-0.05, 0) is 25.3 Å². The van der Waals surface area contributed by atoms with Gasteiger partial charge >= 0.3 is 8.25 Å². The topological polar surface area (TPSA) is 202 Å². The van der Waals surface area contributed by atoms with Crippen LogP contribution in [0.4, 0.5) is 0 Å². The summed E-state index contributed by atoms with van der Waals surface area (Å²) < 4.78 is 25.1. The lowest BCUT2D eigenvalue weighted by Crippen LogP contribution is -2.54. The van der Waals surface area contributed by atoms with Crippen LogP contribution in [0.2, 0.25) is 0 Å². The number of Topliss-reactive ketones (excluding diaryl/α,β-unsaturated/α-hetero) is 1. The Labute approximate surface area is 220 Å². The van der Waals surface area contributed by atoms with E-state index < -0.39 is 69.5 Å². The Balaban J connectivity index is 1.89. The number of aryl methyl sites for hydroxylation is 1. The number of ether oxygens (including phenoxy) is 2. The van der Waals surface area contributed by atoms with Crippen LogP contribution < -0.4 is 21.3 Å². The Kier molecular flexibility index (Phi) is 12.5. The Bertz CT molecular complexity index is 1020. The first-order valence-corrected chi connectivity index (χ1v) is 13.0. The quantitative estimate of drug-likeness (QED) is 0.0655. The molecule has 0 spiro atoms. The molecule has 210 valence electrons. The number of amides is 4. The highest BCUT2D eigenvalue weighted by Gasteiger charge is 2.46. The molecule has 0 saturated carbocycles. The zero-order valence-corrected chi connectivity index (χ0v) is 22.1. The lowest BCUT2D eigenvalue weighted by Gasteiger charge is -2.20. The van der Waals surface area contributed by atoms with E-state index in [1.807, 2.05) is 30.3 Å². The van der Waals surface area contributed by atoms with Gasteiger partial charge in [0.2, 0.25) is 23.6 Å². The molecule has 1 aromatic carbocycles. The van der Waals surface area contributed by atoms with E-state index in [1.165, 1.54) is 6.92 Å². The molecule has 0 bridgehead atoms. The fourth-order valence-electron chi connectivity index (χ4n) is 3.19. The first-order chi connectivity index (χ1) is 18.0. The second kappa shape index (κ2) is 15.3. The van der Waals surface area contributed by atoms with Gasteiger partial charge in [0, 0.05) is 6.92 Å². The highest BCUT2D eigenvalue weighted by molar-refractivity contribution is 7.32. The van der Waals surface area contributed by atoms with Crippen LogP contribution in [0.3, 0.4) is 0 Å². The summed E-state index contributed by atoms with van der Waals surface area (Å²) in [4.78, 5) is 70.0. The summed E-state index contributed by atoms with van der Waals surface area (Å²) in [7, 11) is -3.26. The lowest BCUT2D eigenvalue weighted by molar-refractivity contribution is -0.133. The normalized spacial score (nSPS) is 18.4. The fraction of sp³-hybridized carbons (Fsp3) is 0.522. The third-order valence-electron chi connectivity index (χ3n) is 5.47. The molecule has 1 unspecified atom stereocenters. The number of epoxide rings is 1. The molecule has 1 fully saturated rings. The van der Waals surface area contributed by atoms with Crippen LogP contribution in [0.1, 0.15) is 25.8 Å². The monoisotopic (exact) mass is 556 g/mol. The average Bonchev–Trinajstić information content (AvgIpc) is 3.63. The predicted octanol–water partition coefficient (Wildman–Crippen LogP) is -1.43. The average molecular weight is 557 g/mol. The van der Waals surface area contributed by atoms with Crippen molar-refractivity contribution in [3.8, 4) is 0 Å². The van der Waals surface area contributed by atoms with Gasteiger partial charge in [0.15, 0.2) is 12.6 Å². The van der Waals surface area contributed by atoms with Gasteiger partial charge < -0.3 is 35.6 Å². The van der Waals surface area contributed by atoms with Gasteiger partial charge in [-0.1, -0.05) is 30.3 Å². The van der Waals surface area contributed by atoms with Crippen LogP contribution in [0.15, 0.2) is 30.3 Å². The minimum atomic E-state index is -3.26. The summed E-state index contributed by atoms with van der Waals surface area (Å²) in [6.45, 7) is 1.16. The van der Waals surface area contributed by atoms with E-state index in [4.69, 9.17) is 14.4 Å². The molecule has 5 N–H and O–H groups in total. The van der Waals surface area contributed by atoms with Crippen LogP contribution >= 0.6 is 8.25 Å². The molecule has 14 nitrogen and oxygen atoms in total. The molecule has 15 heteroatoms. The predicted molar refractivity (Wildman–Crippen MR) is 133 cm³/mol. The molecule has 1 saturated heterocycles. The van der Waals surface area contributed by atoms with E-state index >= 15 is 0 Å². The molecule has 0 aromatic heterocycles. The van der Waals surface area contributed by atoms with Crippen LogP contribution in [-0.2, 0) is 49.0 Å². The molecule has 1 heterocycles. The molecule has 2 rings (SSSR count). The summed E-state index contributed by atoms with van der Waals surface area (Å²) in [5.74, 6) is -2.88. The number of carbonyl (C=O) groups excluding carboxylic acids is 5. The Morgan fingerprint density at radius 3 is 2.29 bits per heavy atom. The molecule has 0 aliphatic carbocycles. The lowest BCUT2D eigenvalue weighted by atomic mass is 10.0. The molecular weight excluding hydrogens is 523 g/mol. The third kappa shape index (κ3) is 11.5. The SMILES string of the molecule is CC(=O)N[C@@H](CCc1ccccc1)C(=O)NCC(=O)N[C@@H](COCO[PH](=O)O)C(=O)NCC(=O)[C@@]1(C)CO1. The second-order valence-electron chi connectivity index (χ2n) is 8.67. The van der Waals surface area contributed by atoms with Gasteiger partial charge in [0.25, 0.3) is 0 Å². The van der Waals surface area contributed by atoms with E-state index in [-0.39, 0.29) is 18.9 Å². The Morgan fingerprint density at radius 1 is 1.05 bits per heavy atom. The smallest absolute Gasteiger partial charge is 0.318 e. The minimum Gasteiger partial charge on any atom is -0.362 e. The number of carbonyl (C=O) groups is 5. The zero-order valence-electron chi connectivity index (χ0n) is 21.1. The van der Waals surface area contributed by atoms with Gasteiger partial charge in [0.1, 0.15) is 17.7 Å². The maximum absolute atomic E-state index is 12.7. The van der Waals surface area contributed by atoms with E-state index in [2.05, 4.69) is 25.8 Å². The van der Waals surface area contributed by atoms with E-state index in [9.17, 15) is 28.5 Å². The summed E-state index contributed by atoms with van der Waals surface area (Å²) in [6.07, 6.45) is 0.802. The van der Waals surface area contributed by atoms with Crippen molar-refractivity contribution in [1.29, 1.82) is 0 Å². The summed E-state index contributed by atoms with van der Waals surface area (Å²) in [6, 6.07) is 7.15. The molecule has 0 radical (unpaired) electrons. The number of benzene rings is 1. The van der Waals surface area contributed by atoms with Crippen molar-refractivity contribution in [2.45, 2.75) is 44.4 Å². The molecule has 1 aromatic rings. The van der Waals surface area contributed by atoms with Gasteiger partial charge in [-0.2, -0.15) is 0 Å². The van der Waals surface area contributed by atoms with E-state index in [0.717, 1.165) is 5.56 Å². The molecular formula is C23H33N4O10P. The molecule has 4 atom stereocenters. The van der Waals surface area contributed by atoms with E-state index in [1.54, 1.807) is 6.92 Å². The van der Waals surface area contributed by atoms with Crippen molar-refractivity contribution < 1.29 is 47.4 Å². The van der Waals surface area contributed by atoms with Crippen LogP contribution in [-0.4, -0.2) is 85.1 Å². The van der Waals surface area contributed by atoms with Crippen molar-refractivity contribution in [1.82, 2.24) is 21.3 Å². The van der Waals surface area contributed by atoms with Crippen LogP contribution in [0.25, 0.3) is 0 Å². The largest absolute Gasteiger partial charge is 0.362 e. The standard InChI is InChI=1S/C23H33N4O10P/c1-15(28)26-17(9-8-16-6-4-3-5-7-16)21(31)25-11-20(30)27-18(12-35-14-37-38(33)34)22(32)24-10-19(29)23(2)13-36-23/h3-7,17-18,38H,8-14H2,1-2H3,(H,24,32)(H,25,31)(H,26,28)(H,27,30)(H,33,34)/t17-,18-,23+/m0/s1. The van der Waals surface area contributed by atoms with Gasteiger partial charge in [-0.15, -0.1) is 0 Å². The van der Waals surface area contributed by atoms with Gasteiger partial charge in [-0.25, -0.2) is 0 Å². The van der Waals surface area contributed by atoms with Crippen LogP contribution in [0, 0.1) is 0 Å².